The summed E-state index contributed by atoms with van der Waals surface area (Å²) < 4.78 is 0. The first kappa shape index (κ1) is 18.0. The van der Waals surface area contributed by atoms with Gasteiger partial charge in [-0.15, -0.1) is 0 Å². The predicted molar refractivity (Wildman–Crippen MR) is 91.3 cm³/mol. The molecule has 1 saturated heterocycles. The third kappa shape index (κ3) is 9.80. The Morgan fingerprint density at radius 2 is 1.30 bits per heavy atom. The molecule has 1 heteroatoms. The van der Waals surface area contributed by atoms with Gasteiger partial charge in [-0.25, -0.2) is 0 Å². The van der Waals surface area contributed by atoms with Gasteiger partial charge in [-0.05, 0) is 26.2 Å². The Labute approximate surface area is 128 Å². The van der Waals surface area contributed by atoms with Crippen LogP contribution in [-0.2, 0) is 0 Å². The van der Waals surface area contributed by atoms with Crippen LogP contribution in [0, 0.1) is 0 Å². The molecular weight excluding hydrogens is 242 g/mol. The van der Waals surface area contributed by atoms with E-state index in [4.69, 9.17) is 0 Å². The molecule has 0 unspecified atom stereocenters. The average molecular weight is 282 g/mol. The SMILES string of the molecule is CCCCCCCCCCCCC[C@@H]1CCC[C@H](C)N1. The molecule has 0 radical (unpaired) electrons. The molecule has 1 aliphatic rings. The summed E-state index contributed by atoms with van der Waals surface area (Å²) in [7, 11) is 0. The van der Waals surface area contributed by atoms with Crippen LogP contribution >= 0.6 is 0 Å². The van der Waals surface area contributed by atoms with Gasteiger partial charge in [-0.1, -0.05) is 84.0 Å². The van der Waals surface area contributed by atoms with Crippen LogP contribution in [0.3, 0.4) is 0 Å². The molecule has 0 bridgehead atoms. The van der Waals surface area contributed by atoms with E-state index in [9.17, 15) is 0 Å². The highest BCUT2D eigenvalue weighted by molar-refractivity contribution is 4.77. The van der Waals surface area contributed by atoms with Gasteiger partial charge in [-0.2, -0.15) is 0 Å². The van der Waals surface area contributed by atoms with Crippen molar-refractivity contribution in [3.8, 4) is 0 Å². The molecule has 0 aromatic heterocycles. The van der Waals surface area contributed by atoms with Crippen molar-refractivity contribution in [2.45, 2.75) is 122 Å². The van der Waals surface area contributed by atoms with Crippen LogP contribution in [0.15, 0.2) is 0 Å². The van der Waals surface area contributed by atoms with Crippen molar-refractivity contribution in [2.24, 2.45) is 0 Å². The van der Waals surface area contributed by atoms with E-state index in [1.165, 1.54) is 96.3 Å². The summed E-state index contributed by atoms with van der Waals surface area (Å²) in [6.07, 6.45) is 21.7. The minimum atomic E-state index is 0.765. The summed E-state index contributed by atoms with van der Waals surface area (Å²) in [6.45, 7) is 4.64. The van der Waals surface area contributed by atoms with Crippen molar-refractivity contribution in [3.63, 3.8) is 0 Å². The Bertz CT molecular complexity index is 202. The molecule has 20 heavy (non-hydrogen) atoms. The van der Waals surface area contributed by atoms with Crippen molar-refractivity contribution in [1.82, 2.24) is 5.32 Å². The molecule has 1 aliphatic heterocycles. The molecular formula is C19H39N. The molecule has 0 aromatic carbocycles. The first-order valence-electron chi connectivity index (χ1n) is 9.59. The minimum Gasteiger partial charge on any atom is -0.312 e. The summed E-state index contributed by atoms with van der Waals surface area (Å²) in [5.41, 5.74) is 0. The van der Waals surface area contributed by atoms with Crippen molar-refractivity contribution in [2.75, 3.05) is 0 Å². The molecule has 0 spiro atoms. The summed E-state index contributed by atoms with van der Waals surface area (Å²) >= 11 is 0. The summed E-state index contributed by atoms with van der Waals surface area (Å²) in [5, 5.41) is 3.75. The Kier molecular flexibility index (Phi) is 11.4. The number of piperidine rings is 1. The van der Waals surface area contributed by atoms with Crippen LogP contribution in [0.25, 0.3) is 0 Å². The summed E-state index contributed by atoms with van der Waals surface area (Å²) in [6, 6.07) is 1.60. The average Bonchev–Trinajstić information content (AvgIpc) is 2.45. The summed E-state index contributed by atoms with van der Waals surface area (Å²) in [4.78, 5) is 0. The van der Waals surface area contributed by atoms with Crippen molar-refractivity contribution in [1.29, 1.82) is 0 Å². The van der Waals surface area contributed by atoms with E-state index in [-0.39, 0.29) is 0 Å². The van der Waals surface area contributed by atoms with Gasteiger partial charge in [0.05, 0.1) is 0 Å². The van der Waals surface area contributed by atoms with Gasteiger partial charge >= 0.3 is 0 Å². The van der Waals surface area contributed by atoms with Gasteiger partial charge < -0.3 is 5.32 Å². The van der Waals surface area contributed by atoms with E-state index in [0.29, 0.717) is 0 Å². The van der Waals surface area contributed by atoms with Gasteiger partial charge in [0.15, 0.2) is 0 Å². The Balaban J connectivity index is 1.76. The molecule has 2 atom stereocenters. The maximum atomic E-state index is 3.75. The van der Waals surface area contributed by atoms with E-state index in [1.54, 1.807) is 0 Å². The normalized spacial score (nSPS) is 23.1. The number of nitrogens with one attached hydrogen (secondary N) is 1. The van der Waals surface area contributed by atoms with E-state index in [0.717, 1.165) is 12.1 Å². The fraction of sp³-hybridized carbons (Fsp3) is 1.00. The molecule has 0 aliphatic carbocycles. The first-order chi connectivity index (χ1) is 9.83. The zero-order valence-electron chi connectivity index (χ0n) is 14.3. The predicted octanol–water partition coefficient (Wildman–Crippen LogP) is 6.22. The van der Waals surface area contributed by atoms with Gasteiger partial charge in [0.1, 0.15) is 0 Å². The Hall–Kier alpha value is -0.0400. The highest BCUT2D eigenvalue weighted by Crippen LogP contribution is 2.18. The van der Waals surface area contributed by atoms with Crippen molar-refractivity contribution in [3.05, 3.63) is 0 Å². The fourth-order valence-electron chi connectivity index (χ4n) is 3.52. The Morgan fingerprint density at radius 3 is 1.85 bits per heavy atom. The minimum absolute atomic E-state index is 0.765. The van der Waals surface area contributed by atoms with E-state index < -0.39 is 0 Å². The van der Waals surface area contributed by atoms with Crippen LogP contribution in [0.5, 0.6) is 0 Å². The van der Waals surface area contributed by atoms with Crippen LogP contribution in [0.1, 0.15) is 110 Å². The van der Waals surface area contributed by atoms with Crippen molar-refractivity contribution < 1.29 is 0 Å². The molecule has 0 amide bonds. The Morgan fingerprint density at radius 1 is 0.750 bits per heavy atom. The van der Waals surface area contributed by atoms with Crippen molar-refractivity contribution >= 4 is 0 Å². The molecule has 0 aromatic rings. The van der Waals surface area contributed by atoms with E-state index >= 15 is 0 Å². The lowest BCUT2D eigenvalue weighted by atomic mass is 9.95. The standard InChI is InChI=1S/C19H39N/c1-3-4-5-6-7-8-9-10-11-12-13-16-19-17-14-15-18(2)20-19/h18-20H,3-17H2,1-2H3/t18-,19+/m0/s1. The third-order valence-electron chi connectivity index (χ3n) is 4.87. The van der Waals surface area contributed by atoms with Crippen LogP contribution in [0.4, 0.5) is 0 Å². The second-order valence-electron chi connectivity index (χ2n) is 7.02. The third-order valence-corrected chi connectivity index (χ3v) is 4.87. The number of hydrogen-bond donors (Lipinski definition) is 1. The molecule has 1 N–H and O–H groups in total. The van der Waals surface area contributed by atoms with Crippen LogP contribution < -0.4 is 5.32 Å². The number of rotatable bonds is 12. The lowest BCUT2D eigenvalue weighted by Gasteiger charge is -2.28. The maximum Gasteiger partial charge on any atom is 0.00695 e. The molecule has 120 valence electrons. The van der Waals surface area contributed by atoms with Gasteiger partial charge in [0, 0.05) is 12.1 Å². The zero-order valence-corrected chi connectivity index (χ0v) is 14.3. The zero-order chi connectivity index (χ0) is 14.5. The monoisotopic (exact) mass is 281 g/mol. The molecule has 1 nitrogen and oxygen atoms in total. The van der Waals surface area contributed by atoms with Gasteiger partial charge in [-0.3, -0.25) is 0 Å². The second-order valence-corrected chi connectivity index (χ2v) is 7.02. The first-order valence-corrected chi connectivity index (χ1v) is 9.59. The lowest BCUT2D eigenvalue weighted by Crippen LogP contribution is -2.40. The van der Waals surface area contributed by atoms with Crippen LogP contribution in [0.2, 0.25) is 0 Å². The molecule has 1 fully saturated rings. The molecule has 1 heterocycles. The van der Waals surface area contributed by atoms with E-state index in [2.05, 4.69) is 19.2 Å². The fourth-order valence-corrected chi connectivity index (χ4v) is 3.52. The number of unbranched alkanes of at least 4 members (excludes halogenated alkanes) is 10. The quantitative estimate of drug-likeness (QED) is 0.419. The second kappa shape index (κ2) is 12.7. The highest BCUT2D eigenvalue weighted by atomic mass is 15.0. The highest BCUT2D eigenvalue weighted by Gasteiger charge is 2.16. The van der Waals surface area contributed by atoms with Crippen LogP contribution in [-0.4, -0.2) is 12.1 Å². The lowest BCUT2D eigenvalue weighted by molar-refractivity contribution is 0.314. The topological polar surface area (TPSA) is 12.0 Å². The van der Waals surface area contributed by atoms with Gasteiger partial charge in [0.25, 0.3) is 0 Å². The molecule has 1 rings (SSSR count). The summed E-state index contributed by atoms with van der Waals surface area (Å²) in [5.74, 6) is 0. The largest absolute Gasteiger partial charge is 0.312 e. The maximum absolute atomic E-state index is 3.75. The smallest absolute Gasteiger partial charge is 0.00695 e. The van der Waals surface area contributed by atoms with Gasteiger partial charge in [0.2, 0.25) is 0 Å². The number of hydrogen-bond acceptors (Lipinski definition) is 1. The molecule has 0 saturated carbocycles. The van der Waals surface area contributed by atoms with E-state index in [1.807, 2.05) is 0 Å².